The summed E-state index contributed by atoms with van der Waals surface area (Å²) in [5, 5.41) is 0. The van der Waals surface area contributed by atoms with Crippen LogP contribution in [0.3, 0.4) is 0 Å². The number of rotatable bonds is 24. The van der Waals surface area contributed by atoms with Gasteiger partial charge in [0.25, 0.3) is 0 Å². The van der Waals surface area contributed by atoms with Gasteiger partial charge < -0.3 is 0 Å². The third kappa shape index (κ3) is 18.4. The summed E-state index contributed by atoms with van der Waals surface area (Å²) < 4.78 is 13.8. The summed E-state index contributed by atoms with van der Waals surface area (Å²) in [6.07, 6.45) is 13.9. The molecule has 0 amide bonds. The molecule has 208 valence electrons. The Morgan fingerprint density at radius 2 is 1.00 bits per heavy atom. The predicted molar refractivity (Wildman–Crippen MR) is 159 cm³/mol. The molecular weight excluding hydrogens is 583 g/mol. The average molecular weight is 640 g/mol. The zero-order valence-electron chi connectivity index (χ0n) is 23.8. The molecule has 0 aromatic rings. The van der Waals surface area contributed by atoms with Crippen LogP contribution >= 0.6 is 17.9 Å². The molecule has 0 aromatic carbocycles. The molecule has 4 nitrogen and oxygen atoms in total. The minimum absolute atomic E-state index is 0.0658. The molecule has 0 bridgehead atoms. The maximum atomic E-state index is 12.7. The van der Waals surface area contributed by atoms with E-state index < -0.39 is 15.6 Å². The first-order valence-corrected chi connectivity index (χ1v) is 27.5. The van der Waals surface area contributed by atoms with E-state index in [-0.39, 0.29) is 11.9 Å². The standard InChI is InChI=1S/2C10H20O2S.2C4H9.Sn/c2*1-3-5-6-9(4-2)7-12-10(11)8-13;2*1-3-4-2;/h2*9,13H,3-8H2,1-2H3;2*1,3-4H2,2H3;/q;;;;+2/p-2/t2*9-;;;/m10.../s1. The SMILES string of the molecule is CCCC[C@@H](CC)COC(=O)C[S][Sn]([CH2]CCC)([CH2]CCC)[S]CC(=O)OC[C@@H](CC)CCCC. The van der Waals surface area contributed by atoms with E-state index in [0.717, 1.165) is 38.5 Å². The van der Waals surface area contributed by atoms with E-state index in [1.165, 1.54) is 47.4 Å². The van der Waals surface area contributed by atoms with Gasteiger partial charge in [0.2, 0.25) is 0 Å². The van der Waals surface area contributed by atoms with Crippen LogP contribution in [0.4, 0.5) is 0 Å². The molecule has 0 aliphatic heterocycles. The van der Waals surface area contributed by atoms with Gasteiger partial charge in [0.05, 0.1) is 0 Å². The van der Waals surface area contributed by atoms with Crippen molar-refractivity contribution in [2.45, 2.75) is 127 Å². The fourth-order valence-corrected chi connectivity index (χ4v) is 31.5. The van der Waals surface area contributed by atoms with Gasteiger partial charge in [-0.3, -0.25) is 0 Å². The van der Waals surface area contributed by atoms with Crippen LogP contribution in [0.2, 0.25) is 8.87 Å². The van der Waals surface area contributed by atoms with E-state index >= 15 is 0 Å². The molecular formula is C28H56O4S2Sn. The number of esters is 2. The molecule has 0 fully saturated rings. The molecule has 0 radical (unpaired) electrons. The monoisotopic (exact) mass is 640 g/mol. The molecule has 0 saturated heterocycles. The van der Waals surface area contributed by atoms with Gasteiger partial charge in [-0.1, -0.05) is 0 Å². The maximum absolute atomic E-state index is 12.7. The van der Waals surface area contributed by atoms with Gasteiger partial charge in [0, 0.05) is 0 Å². The summed E-state index contributed by atoms with van der Waals surface area (Å²) in [6.45, 7) is 14.3. The summed E-state index contributed by atoms with van der Waals surface area (Å²) >= 11 is -2.81. The fraction of sp³-hybridized carbons (Fsp3) is 0.929. The zero-order valence-corrected chi connectivity index (χ0v) is 28.3. The quantitative estimate of drug-likeness (QED) is 0.0776. The van der Waals surface area contributed by atoms with Crippen molar-refractivity contribution in [1.82, 2.24) is 0 Å². The van der Waals surface area contributed by atoms with Crippen molar-refractivity contribution in [2.24, 2.45) is 11.8 Å². The van der Waals surface area contributed by atoms with Crippen molar-refractivity contribution in [3.05, 3.63) is 0 Å². The number of hydrogen-bond donors (Lipinski definition) is 0. The summed E-state index contributed by atoms with van der Waals surface area (Å²) in [4.78, 5) is 25.3. The second-order valence-electron chi connectivity index (χ2n) is 9.89. The van der Waals surface area contributed by atoms with Crippen molar-refractivity contribution in [1.29, 1.82) is 0 Å². The van der Waals surface area contributed by atoms with Crippen LogP contribution in [0.25, 0.3) is 0 Å². The molecule has 0 aliphatic carbocycles. The van der Waals surface area contributed by atoms with Crippen LogP contribution in [-0.4, -0.2) is 52.3 Å². The molecule has 2 atom stereocenters. The summed E-state index contributed by atoms with van der Waals surface area (Å²) in [6, 6.07) is 0. The van der Waals surface area contributed by atoms with Crippen LogP contribution in [0.5, 0.6) is 0 Å². The molecule has 7 heteroatoms. The Hall–Kier alpha value is 0.439. The Balaban J connectivity index is 4.94. The van der Waals surface area contributed by atoms with E-state index in [0.29, 0.717) is 36.6 Å². The summed E-state index contributed by atoms with van der Waals surface area (Å²) in [5.74, 6) is 1.72. The van der Waals surface area contributed by atoms with Crippen LogP contribution in [0.15, 0.2) is 0 Å². The summed E-state index contributed by atoms with van der Waals surface area (Å²) in [5.41, 5.74) is 0. The second-order valence-corrected chi connectivity index (χ2v) is 36.3. The van der Waals surface area contributed by atoms with Crippen molar-refractivity contribution in [3.63, 3.8) is 0 Å². The number of carbonyl (C=O) groups excluding carboxylic acids is 2. The molecule has 0 saturated carbocycles. The molecule has 0 heterocycles. The van der Waals surface area contributed by atoms with Crippen molar-refractivity contribution < 1.29 is 19.1 Å². The van der Waals surface area contributed by atoms with Crippen LogP contribution in [0.1, 0.15) is 119 Å². The van der Waals surface area contributed by atoms with Gasteiger partial charge in [-0.05, 0) is 0 Å². The molecule has 0 aliphatic rings. The van der Waals surface area contributed by atoms with Crippen LogP contribution in [0, 0.1) is 11.8 Å². The van der Waals surface area contributed by atoms with E-state index in [4.69, 9.17) is 9.47 Å². The average Bonchev–Trinajstić information content (AvgIpc) is 2.88. The third-order valence-electron chi connectivity index (χ3n) is 6.78. The van der Waals surface area contributed by atoms with Gasteiger partial charge in [0.1, 0.15) is 0 Å². The van der Waals surface area contributed by atoms with Crippen molar-refractivity contribution in [2.75, 3.05) is 24.7 Å². The minimum atomic E-state index is -2.81. The van der Waals surface area contributed by atoms with E-state index in [1.54, 1.807) is 0 Å². The van der Waals surface area contributed by atoms with Gasteiger partial charge in [0.15, 0.2) is 0 Å². The van der Waals surface area contributed by atoms with Crippen molar-refractivity contribution >= 4 is 45.4 Å². The molecule has 0 rings (SSSR count). The predicted octanol–water partition coefficient (Wildman–Crippen LogP) is 9.01. The fourth-order valence-electron chi connectivity index (χ4n) is 4.03. The number of hydrogen-bond acceptors (Lipinski definition) is 6. The number of unbranched alkanes of at least 4 members (excludes halogenated alkanes) is 4. The van der Waals surface area contributed by atoms with E-state index in [2.05, 4.69) is 41.5 Å². The third-order valence-corrected chi connectivity index (χ3v) is 36.7. The Kier molecular flexibility index (Phi) is 23.8. The molecule has 35 heavy (non-hydrogen) atoms. The Labute approximate surface area is 227 Å². The molecule has 0 N–H and O–H groups in total. The number of ether oxygens (including phenoxy) is 2. The first-order chi connectivity index (χ1) is 16.9. The molecule has 0 unspecified atom stereocenters. The zero-order chi connectivity index (χ0) is 26.4. The summed E-state index contributed by atoms with van der Waals surface area (Å²) in [7, 11) is 3.81. The van der Waals surface area contributed by atoms with Gasteiger partial charge in [-0.2, -0.15) is 0 Å². The Bertz CT molecular complexity index is 487. The molecule has 0 aromatic heterocycles. The Morgan fingerprint density at radius 3 is 1.31 bits per heavy atom. The van der Waals surface area contributed by atoms with Gasteiger partial charge in [-0.15, -0.1) is 0 Å². The molecule has 0 spiro atoms. The van der Waals surface area contributed by atoms with Crippen LogP contribution < -0.4 is 0 Å². The van der Waals surface area contributed by atoms with Gasteiger partial charge >= 0.3 is 229 Å². The first kappa shape index (κ1) is 35.4. The van der Waals surface area contributed by atoms with Crippen molar-refractivity contribution in [3.8, 4) is 0 Å². The second kappa shape index (κ2) is 23.5. The first-order valence-electron chi connectivity index (χ1n) is 14.5. The van der Waals surface area contributed by atoms with E-state index in [9.17, 15) is 9.59 Å². The number of carbonyl (C=O) groups is 2. The Morgan fingerprint density at radius 1 is 0.629 bits per heavy atom. The van der Waals surface area contributed by atoms with Gasteiger partial charge in [-0.25, -0.2) is 0 Å². The topological polar surface area (TPSA) is 52.6 Å². The van der Waals surface area contributed by atoms with E-state index in [1.807, 2.05) is 17.9 Å². The normalized spacial score (nSPS) is 13.4. The van der Waals surface area contributed by atoms with Crippen LogP contribution in [-0.2, 0) is 19.1 Å².